The Kier molecular flexibility index (Phi) is 6.50. The topological polar surface area (TPSA) is 96.0 Å². The van der Waals surface area contributed by atoms with Crippen LogP contribution < -0.4 is 10.1 Å². The Labute approximate surface area is 170 Å². The Morgan fingerprint density at radius 2 is 1.59 bits per heavy atom. The lowest BCUT2D eigenvalue weighted by atomic mass is 10.2. The molecule has 0 saturated carbocycles. The van der Waals surface area contributed by atoms with E-state index >= 15 is 0 Å². The number of piperazine rings is 1. The summed E-state index contributed by atoms with van der Waals surface area (Å²) in [6.45, 7) is 0.823. The van der Waals surface area contributed by atoms with Gasteiger partial charge < -0.3 is 15.0 Å². The van der Waals surface area contributed by atoms with E-state index in [0.717, 1.165) is 0 Å². The molecule has 2 amide bonds. The fraction of sp³-hybridized carbons (Fsp3) is 0.300. The van der Waals surface area contributed by atoms with E-state index in [2.05, 4.69) is 5.32 Å². The van der Waals surface area contributed by atoms with Crippen LogP contribution in [0, 0.1) is 0 Å². The van der Waals surface area contributed by atoms with Crippen LogP contribution in [-0.2, 0) is 14.8 Å². The maximum Gasteiger partial charge on any atom is 0.251 e. The summed E-state index contributed by atoms with van der Waals surface area (Å²) in [5.74, 6) is 0.0207. The quantitative estimate of drug-likeness (QED) is 0.755. The van der Waals surface area contributed by atoms with Gasteiger partial charge in [-0.05, 0) is 36.4 Å². The standard InChI is InChI=1S/C20H23N3O5S/c1-28-17-7-9-18(10-8-17)29(26,27)23-13-11-22(12-14-23)19(24)15-21-20(25)16-5-3-2-4-6-16/h2-10H,11-15H2,1H3,(H,21,25). The molecule has 3 rings (SSSR count). The van der Waals surface area contributed by atoms with Crippen LogP contribution in [-0.4, -0.2) is 69.3 Å². The highest BCUT2D eigenvalue weighted by atomic mass is 32.2. The molecular formula is C20H23N3O5S. The summed E-state index contributed by atoms with van der Waals surface area (Å²) in [7, 11) is -2.11. The van der Waals surface area contributed by atoms with E-state index in [1.54, 1.807) is 47.4 Å². The summed E-state index contributed by atoms with van der Waals surface area (Å²) in [4.78, 5) is 26.1. The van der Waals surface area contributed by atoms with Crippen LogP contribution in [0.1, 0.15) is 10.4 Å². The number of hydrogen-bond donors (Lipinski definition) is 1. The number of rotatable bonds is 6. The van der Waals surface area contributed by atoms with Crippen molar-refractivity contribution in [2.24, 2.45) is 0 Å². The largest absolute Gasteiger partial charge is 0.497 e. The van der Waals surface area contributed by atoms with Crippen LogP contribution in [0.2, 0.25) is 0 Å². The molecule has 0 bridgehead atoms. The van der Waals surface area contributed by atoms with Gasteiger partial charge in [-0.15, -0.1) is 0 Å². The van der Waals surface area contributed by atoms with Crippen LogP contribution >= 0.6 is 0 Å². The lowest BCUT2D eigenvalue weighted by molar-refractivity contribution is -0.131. The van der Waals surface area contributed by atoms with E-state index in [0.29, 0.717) is 11.3 Å². The van der Waals surface area contributed by atoms with Gasteiger partial charge in [0.25, 0.3) is 5.91 Å². The number of benzene rings is 2. The fourth-order valence-electron chi connectivity index (χ4n) is 3.03. The number of hydrogen-bond acceptors (Lipinski definition) is 5. The van der Waals surface area contributed by atoms with Gasteiger partial charge in [-0.3, -0.25) is 9.59 Å². The molecule has 1 saturated heterocycles. The van der Waals surface area contributed by atoms with E-state index < -0.39 is 10.0 Å². The molecule has 1 aliphatic rings. The third-order valence-corrected chi connectivity index (χ3v) is 6.64. The third kappa shape index (κ3) is 4.93. The highest BCUT2D eigenvalue weighted by Gasteiger charge is 2.30. The molecule has 1 N–H and O–H groups in total. The van der Waals surface area contributed by atoms with Crippen LogP contribution in [0.4, 0.5) is 0 Å². The summed E-state index contributed by atoms with van der Waals surface area (Å²) in [5, 5.41) is 2.60. The van der Waals surface area contributed by atoms with Gasteiger partial charge in [0, 0.05) is 31.7 Å². The highest BCUT2D eigenvalue weighted by molar-refractivity contribution is 7.89. The predicted molar refractivity (Wildman–Crippen MR) is 107 cm³/mol. The Balaban J connectivity index is 1.52. The Hall–Kier alpha value is -2.91. The summed E-state index contributed by atoms with van der Waals surface area (Å²) in [6.07, 6.45) is 0. The average Bonchev–Trinajstić information content (AvgIpc) is 2.78. The molecule has 8 nitrogen and oxygen atoms in total. The first kappa shape index (κ1) is 20.8. The van der Waals surface area contributed by atoms with E-state index in [1.807, 2.05) is 0 Å². The van der Waals surface area contributed by atoms with Crippen LogP contribution in [0.3, 0.4) is 0 Å². The van der Waals surface area contributed by atoms with Gasteiger partial charge in [0.2, 0.25) is 15.9 Å². The molecule has 2 aromatic carbocycles. The molecule has 0 aromatic heterocycles. The SMILES string of the molecule is COc1ccc(S(=O)(=O)N2CCN(C(=O)CNC(=O)c3ccccc3)CC2)cc1. The van der Waals surface area contributed by atoms with E-state index in [-0.39, 0.29) is 49.4 Å². The lowest BCUT2D eigenvalue weighted by Gasteiger charge is -2.34. The molecule has 0 aliphatic carbocycles. The summed E-state index contributed by atoms with van der Waals surface area (Å²) in [5.41, 5.74) is 0.482. The first-order valence-corrected chi connectivity index (χ1v) is 10.6. The van der Waals surface area contributed by atoms with Crippen LogP contribution in [0.25, 0.3) is 0 Å². The third-order valence-electron chi connectivity index (χ3n) is 4.72. The zero-order chi connectivity index (χ0) is 20.9. The second-order valence-electron chi connectivity index (χ2n) is 6.51. The second kappa shape index (κ2) is 9.06. The van der Waals surface area contributed by atoms with Crippen molar-refractivity contribution < 1.29 is 22.7 Å². The molecular weight excluding hydrogens is 394 g/mol. The Morgan fingerprint density at radius 1 is 0.966 bits per heavy atom. The van der Waals surface area contributed by atoms with Crippen molar-refractivity contribution in [2.45, 2.75) is 4.90 Å². The molecule has 0 atom stereocenters. The minimum absolute atomic E-state index is 0.126. The van der Waals surface area contributed by atoms with Crippen molar-refractivity contribution >= 4 is 21.8 Å². The average molecular weight is 417 g/mol. The summed E-state index contributed by atoms with van der Waals surface area (Å²) in [6, 6.07) is 14.9. The van der Waals surface area contributed by atoms with Gasteiger partial charge in [-0.25, -0.2) is 8.42 Å². The van der Waals surface area contributed by atoms with Gasteiger partial charge in [0.1, 0.15) is 5.75 Å². The Morgan fingerprint density at radius 3 is 2.17 bits per heavy atom. The van der Waals surface area contributed by atoms with Gasteiger partial charge in [0.15, 0.2) is 0 Å². The highest BCUT2D eigenvalue weighted by Crippen LogP contribution is 2.20. The number of carbonyl (C=O) groups is 2. The number of methoxy groups -OCH3 is 1. The minimum Gasteiger partial charge on any atom is -0.497 e. The molecule has 0 unspecified atom stereocenters. The number of sulfonamides is 1. The molecule has 1 fully saturated rings. The first-order chi connectivity index (χ1) is 13.9. The number of nitrogens with one attached hydrogen (secondary N) is 1. The van der Waals surface area contributed by atoms with E-state index in [1.165, 1.54) is 23.5 Å². The smallest absolute Gasteiger partial charge is 0.251 e. The predicted octanol–water partition coefficient (Wildman–Crippen LogP) is 0.958. The van der Waals surface area contributed by atoms with Gasteiger partial charge in [-0.2, -0.15) is 4.31 Å². The molecule has 2 aromatic rings. The van der Waals surface area contributed by atoms with E-state index in [4.69, 9.17) is 4.74 Å². The van der Waals surface area contributed by atoms with Crippen LogP contribution in [0.5, 0.6) is 5.75 Å². The molecule has 154 valence electrons. The molecule has 9 heteroatoms. The monoisotopic (exact) mass is 417 g/mol. The van der Waals surface area contributed by atoms with Crippen molar-refractivity contribution in [1.29, 1.82) is 0 Å². The fourth-order valence-corrected chi connectivity index (χ4v) is 4.46. The number of amides is 2. The Bertz CT molecular complexity index is 953. The van der Waals surface area contributed by atoms with Gasteiger partial charge in [-0.1, -0.05) is 18.2 Å². The molecule has 1 heterocycles. The van der Waals surface area contributed by atoms with Gasteiger partial charge >= 0.3 is 0 Å². The van der Waals surface area contributed by atoms with E-state index in [9.17, 15) is 18.0 Å². The lowest BCUT2D eigenvalue weighted by Crippen LogP contribution is -2.52. The summed E-state index contributed by atoms with van der Waals surface area (Å²) < 4.78 is 31.9. The normalized spacial score (nSPS) is 15.0. The minimum atomic E-state index is -3.63. The molecule has 0 radical (unpaired) electrons. The number of nitrogens with zero attached hydrogens (tertiary/aromatic N) is 2. The number of carbonyl (C=O) groups excluding carboxylic acids is 2. The van der Waals surface area contributed by atoms with Crippen molar-refractivity contribution in [1.82, 2.24) is 14.5 Å². The maximum atomic E-state index is 12.8. The zero-order valence-electron chi connectivity index (χ0n) is 16.1. The second-order valence-corrected chi connectivity index (χ2v) is 8.45. The maximum absolute atomic E-state index is 12.8. The molecule has 1 aliphatic heterocycles. The van der Waals surface area contributed by atoms with Crippen molar-refractivity contribution in [3.05, 3.63) is 60.2 Å². The first-order valence-electron chi connectivity index (χ1n) is 9.17. The molecule has 29 heavy (non-hydrogen) atoms. The molecule has 0 spiro atoms. The van der Waals surface area contributed by atoms with Crippen molar-refractivity contribution in [3.8, 4) is 5.75 Å². The van der Waals surface area contributed by atoms with Gasteiger partial charge in [0.05, 0.1) is 18.6 Å². The van der Waals surface area contributed by atoms with Crippen molar-refractivity contribution in [2.75, 3.05) is 39.8 Å². The summed E-state index contributed by atoms with van der Waals surface area (Å²) >= 11 is 0. The van der Waals surface area contributed by atoms with Crippen LogP contribution in [0.15, 0.2) is 59.5 Å². The zero-order valence-corrected chi connectivity index (χ0v) is 16.9. The van der Waals surface area contributed by atoms with Crippen molar-refractivity contribution in [3.63, 3.8) is 0 Å². The number of ether oxygens (including phenoxy) is 1.